The predicted molar refractivity (Wildman–Crippen MR) is 78.1 cm³/mol. The highest BCUT2D eigenvalue weighted by Crippen LogP contribution is 2.08. The van der Waals surface area contributed by atoms with E-state index in [1.807, 2.05) is 4.90 Å². The second-order valence-electron chi connectivity index (χ2n) is 5.02. The quantitative estimate of drug-likeness (QED) is 0.800. The number of nitrogens with zero attached hydrogens (tertiary/aromatic N) is 2. The van der Waals surface area contributed by atoms with Crippen LogP contribution in [0.3, 0.4) is 0 Å². The normalized spacial score (nSPS) is 20.3. The van der Waals surface area contributed by atoms with Crippen molar-refractivity contribution < 1.29 is 4.79 Å². The molecule has 0 aromatic heterocycles. The molecule has 0 radical (unpaired) electrons. The first-order valence-electron chi connectivity index (χ1n) is 6.93. The smallest absolute Gasteiger partial charge is 0.236 e. The van der Waals surface area contributed by atoms with Gasteiger partial charge < -0.3 is 10.6 Å². The van der Waals surface area contributed by atoms with Crippen LogP contribution in [0.1, 0.15) is 39.5 Å². The summed E-state index contributed by atoms with van der Waals surface area (Å²) >= 11 is 0. The topological polar surface area (TPSA) is 49.6 Å². The zero-order valence-electron chi connectivity index (χ0n) is 11.7. The lowest BCUT2D eigenvalue weighted by Crippen LogP contribution is -2.48. The molecule has 1 unspecified atom stereocenters. The highest BCUT2D eigenvalue weighted by molar-refractivity contribution is 5.85. The molecule has 2 N–H and O–H groups in total. The van der Waals surface area contributed by atoms with Crippen LogP contribution in [-0.4, -0.2) is 54.5 Å². The molecule has 1 fully saturated rings. The third-order valence-electron chi connectivity index (χ3n) is 3.24. The molecule has 0 bridgehead atoms. The van der Waals surface area contributed by atoms with Gasteiger partial charge in [0, 0.05) is 25.7 Å². The Morgan fingerprint density at radius 3 is 2.44 bits per heavy atom. The molecule has 0 saturated carbocycles. The van der Waals surface area contributed by atoms with Crippen molar-refractivity contribution in [3.05, 3.63) is 0 Å². The average Bonchev–Trinajstić information content (AvgIpc) is 2.28. The summed E-state index contributed by atoms with van der Waals surface area (Å²) in [6, 6.07) is 0.252. The van der Waals surface area contributed by atoms with E-state index in [4.69, 9.17) is 5.73 Å². The Balaban J connectivity index is 0.00000289. The van der Waals surface area contributed by atoms with Crippen LogP contribution in [0, 0.1) is 0 Å². The Labute approximate surface area is 117 Å². The van der Waals surface area contributed by atoms with E-state index >= 15 is 0 Å². The minimum Gasteiger partial charge on any atom is -0.342 e. The first-order chi connectivity index (χ1) is 8.17. The summed E-state index contributed by atoms with van der Waals surface area (Å²) in [5.74, 6) is 0.266. The lowest BCUT2D eigenvalue weighted by atomic mass is 10.1. The summed E-state index contributed by atoms with van der Waals surface area (Å²) in [7, 11) is 0. The summed E-state index contributed by atoms with van der Waals surface area (Å²) in [5, 5.41) is 0. The van der Waals surface area contributed by atoms with E-state index in [1.165, 1.54) is 0 Å². The lowest BCUT2D eigenvalue weighted by Gasteiger charge is -2.32. The maximum Gasteiger partial charge on any atom is 0.236 e. The Bertz CT molecular complexity index is 232. The fourth-order valence-electron chi connectivity index (χ4n) is 2.43. The van der Waals surface area contributed by atoms with Gasteiger partial charge in [0.1, 0.15) is 0 Å². The standard InChI is InChI=1S/C13H27N3O.ClH/c1-3-7-16(8-4-2)13(17)11-15-9-5-6-12(14)10-15;/h12H,3-11,14H2,1-2H3;1H. The van der Waals surface area contributed by atoms with Gasteiger partial charge in [-0.2, -0.15) is 0 Å². The van der Waals surface area contributed by atoms with Gasteiger partial charge in [0.05, 0.1) is 6.54 Å². The number of hydrogen-bond donors (Lipinski definition) is 1. The largest absolute Gasteiger partial charge is 0.342 e. The number of halogens is 1. The van der Waals surface area contributed by atoms with E-state index < -0.39 is 0 Å². The van der Waals surface area contributed by atoms with Crippen LogP contribution in [-0.2, 0) is 4.79 Å². The highest BCUT2D eigenvalue weighted by atomic mass is 35.5. The van der Waals surface area contributed by atoms with Gasteiger partial charge in [-0.3, -0.25) is 9.69 Å². The molecule has 0 aromatic carbocycles. The van der Waals surface area contributed by atoms with Crippen LogP contribution in [0.15, 0.2) is 0 Å². The molecule has 18 heavy (non-hydrogen) atoms. The van der Waals surface area contributed by atoms with Gasteiger partial charge in [-0.15, -0.1) is 12.4 Å². The zero-order chi connectivity index (χ0) is 12.7. The molecule has 1 amide bonds. The van der Waals surface area contributed by atoms with Crippen LogP contribution < -0.4 is 5.73 Å². The lowest BCUT2D eigenvalue weighted by molar-refractivity contribution is -0.132. The molecule has 108 valence electrons. The minimum absolute atomic E-state index is 0. The van der Waals surface area contributed by atoms with Gasteiger partial charge in [0.15, 0.2) is 0 Å². The van der Waals surface area contributed by atoms with E-state index in [-0.39, 0.29) is 24.4 Å². The van der Waals surface area contributed by atoms with Crippen molar-refractivity contribution in [2.24, 2.45) is 5.73 Å². The molecule has 4 nitrogen and oxygen atoms in total. The third-order valence-corrected chi connectivity index (χ3v) is 3.24. The van der Waals surface area contributed by atoms with E-state index in [0.717, 1.165) is 51.9 Å². The predicted octanol–water partition coefficient (Wildman–Crippen LogP) is 1.48. The molecule has 0 aromatic rings. The molecule has 0 aliphatic carbocycles. The van der Waals surface area contributed by atoms with Gasteiger partial charge in [-0.1, -0.05) is 13.8 Å². The summed E-state index contributed by atoms with van der Waals surface area (Å²) < 4.78 is 0. The fourth-order valence-corrected chi connectivity index (χ4v) is 2.43. The fraction of sp³-hybridized carbons (Fsp3) is 0.923. The van der Waals surface area contributed by atoms with Crippen molar-refractivity contribution in [1.82, 2.24) is 9.80 Å². The van der Waals surface area contributed by atoms with E-state index in [9.17, 15) is 4.79 Å². The second-order valence-corrected chi connectivity index (χ2v) is 5.02. The zero-order valence-corrected chi connectivity index (χ0v) is 12.5. The van der Waals surface area contributed by atoms with Gasteiger partial charge in [0.25, 0.3) is 0 Å². The molecule has 1 saturated heterocycles. The number of likely N-dealkylation sites (tertiary alicyclic amines) is 1. The summed E-state index contributed by atoms with van der Waals surface area (Å²) in [6.45, 7) is 8.44. The number of carbonyl (C=O) groups excluding carboxylic acids is 1. The summed E-state index contributed by atoms with van der Waals surface area (Å²) in [5.41, 5.74) is 5.93. The van der Waals surface area contributed by atoms with Crippen molar-refractivity contribution in [3.63, 3.8) is 0 Å². The van der Waals surface area contributed by atoms with Crippen LogP contribution in [0.25, 0.3) is 0 Å². The Morgan fingerprint density at radius 2 is 1.94 bits per heavy atom. The average molecular weight is 278 g/mol. The third kappa shape index (κ3) is 6.03. The number of nitrogens with two attached hydrogens (primary N) is 1. The van der Waals surface area contributed by atoms with Gasteiger partial charge in [0.2, 0.25) is 5.91 Å². The van der Waals surface area contributed by atoms with Crippen LogP contribution in [0.4, 0.5) is 0 Å². The summed E-state index contributed by atoms with van der Waals surface area (Å²) in [6.07, 6.45) is 4.28. The van der Waals surface area contributed by atoms with Gasteiger partial charge in [-0.05, 0) is 32.2 Å². The molecule has 1 aliphatic heterocycles. The molecule has 1 aliphatic rings. The Kier molecular flexibility index (Phi) is 9.42. The van der Waals surface area contributed by atoms with Crippen LogP contribution in [0.2, 0.25) is 0 Å². The summed E-state index contributed by atoms with van der Waals surface area (Å²) in [4.78, 5) is 16.3. The number of carbonyl (C=O) groups is 1. The number of piperidine rings is 1. The van der Waals surface area contributed by atoms with E-state index in [0.29, 0.717) is 6.54 Å². The maximum absolute atomic E-state index is 12.1. The maximum atomic E-state index is 12.1. The van der Waals surface area contributed by atoms with E-state index in [2.05, 4.69) is 18.7 Å². The van der Waals surface area contributed by atoms with Gasteiger partial charge in [-0.25, -0.2) is 0 Å². The van der Waals surface area contributed by atoms with Crippen LogP contribution >= 0.6 is 12.4 Å². The number of hydrogen-bond acceptors (Lipinski definition) is 3. The molecule has 1 rings (SSSR count). The first kappa shape index (κ1) is 17.7. The van der Waals surface area contributed by atoms with Crippen LogP contribution in [0.5, 0.6) is 0 Å². The second kappa shape index (κ2) is 9.59. The Morgan fingerprint density at radius 1 is 1.33 bits per heavy atom. The molecular weight excluding hydrogens is 250 g/mol. The van der Waals surface area contributed by atoms with Crippen molar-refractivity contribution >= 4 is 18.3 Å². The molecule has 0 spiro atoms. The molecular formula is C13H28ClN3O. The monoisotopic (exact) mass is 277 g/mol. The molecule has 5 heteroatoms. The minimum atomic E-state index is 0. The highest BCUT2D eigenvalue weighted by Gasteiger charge is 2.21. The SMILES string of the molecule is CCCN(CCC)C(=O)CN1CCCC(N)C1.Cl. The first-order valence-corrected chi connectivity index (χ1v) is 6.93. The number of amides is 1. The van der Waals surface area contributed by atoms with Crippen molar-refractivity contribution in [3.8, 4) is 0 Å². The molecule has 1 heterocycles. The molecule has 1 atom stereocenters. The van der Waals surface area contributed by atoms with Gasteiger partial charge >= 0.3 is 0 Å². The Hall–Kier alpha value is -0.320. The van der Waals surface area contributed by atoms with Crippen molar-refractivity contribution in [2.75, 3.05) is 32.7 Å². The van der Waals surface area contributed by atoms with Crippen molar-refractivity contribution in [1.29, 1.82) is 0 Å². The van der Waals surface area contributed by atoms with E-state index in [1.54, 1.807) is 0 Å². The number of rotatable bonds is 6. The van der Waals surface area contributed by atoms with Crippen molar-refractivity contribution in [2.45, 2.75) is 45.6 Å².